The number of nitrogens with zero attached hydrogens (tertiary/aromatic N) is 4. The summed E-state index contributed by atoms with van der Waals surface area (Å²) >= 11 is 0. The molecule has 0 aromatic carbocycles. The maximum absolute atomic E-state index is 12.8. The molecule has 9 heteroatoms. The summed E-state index contributed by atoms with van der Waals surface area (Å²) in [6.07, 6.45) is 0.454. The van der Waals surface area contributed by atoms with Crippen molar-refractivity contribution in [1.82, 2.24) is 19.3 Å². The van der Waals surface area contributed by atoms with Crippen LogP contribution < -0.4 is 5.69 Å². The zero-order valence-corrected chi connectivity index (χ0v) is 11.5. The zero-order valence-electron chi connectivity index (χ0n) is 11.5. The van der Waals surface area contributed by atoms with Crippen LogP contribution >= 0.6 is 0 Å². The van der Waals surface area contributed by atoms with Gasteiger partial charge in [0.1, 0.15) is 11.6 Å². The Bertz CT molecular complexity index is 752. The van der Waals surface area contributed by atoms with Gasteiger partial charge in [-0.3, -0.25) is 4.98 Å². The molecule has 0 bridgehead atoms. The highest BCUT2D eigenvalue weighted by Gasteiger charge is 2.28. The summed E-state index contributed by atoms with van der Waals surface area (Å²) in [5.74, 6) is 0.0137. The summed E-state index contributed by atoms with van der Waals surface area (Å²) in [4.78, 5) is 27.0. The lowest BCUT2D eigenvalue weighted by Gasteiger charge is -2.21. The average Bonchev–Trinajstić information content (AvgIpc) is 2.78. The summed E-state index contributed by atoms with van der Waals surface area (Å²) in [6.45, 7) is 0.0822. The second-order valence-corrected chi connectivity index (χ2v) is 4.92. The minimum absolute atomic E-state index is 0.0822. The predicted molar refractivity (Wildman–Crippen MR) is 70.9 cm³/mol. The smallest absolute Gasteiger partial charge is 0.450 e. The van der Waals surface area contributed by atoms with Gasteiger partial charge < -0.3 is 9.84 Å². The van der Waals surface area contributed by atoms with Gasteiger partial charge in [0.05, 0.1) is 18.4 Å². The first-order valence-corrected chi connectivity index (χ1v) is 6.73. The van der Waals surface area contributed by atoms with Crippen molar-refractivity contribution in [3.8, 4) is 0 Å². The molecule has 0 radical (unpaired) electrons. The van der Waals surface area contributed by atoms with Crippen LogP contribution in [0.5, 0.6) is 0 Å². The van der Waals surface area contributed by atoms with Crippen LogP contribution in [0.2, 0.25) is 0 Å². The fourth-order valence-corrected chi connectivity index (χ4v) is 2.47. The van der Waals surface area contributed by atoms with Gasteiger partial charge in [-0.05, 0) is 18.6 Å². The van der Waals surface area contributed by atoms with Crippen molar-refractivity contribution in [2.75, 3.05) is 0 Å². The van der Waals surface area contributed by atoms with E-state index >= 15 is 0 Å². The molecule has 8 nitrogen and oxygen atoms in total. The Morgan fingerprint density at radius 2 is 2.32 bits per heavy atom. The first-order valence-electron chi connectivity index (χ1n) is 6.73. The molecule has 1 atom stereocenters. The number of hydrogen-bond acceptors (Lipinski definition) is 5. The molecule has 0 aliphatic carbocycles. The fraction of sp³-hybridized carbons (Fsp3) is 0.385. The number of carboxylic acid groups (broad SMARTS) is 1. The predicted octanol–water partition coefficient (Wildman–Crippen LogP) is 1.16. The van der Waals surface area contributed by atoms with E-state index in [0.29, 0.717) is 30.8 Å². The van der Waals surface area contributed by atoms with Crippen LogP contribution in [-0.2, 0) is 17.7 Å². The molecule has 0 spiro atoms. The molecule has 1 N–H and O–H groups in total. The highest BCUT2D eigenvalue weighted by Crippen LogP contribution is 2.22. The second-order valence-electron chi connectivity index (χ2n) is 4.92. The number of hydrogen-bond donors (Lipinski definition) is 1. The summed E-state index contributed by atoms with van der Waals surface area (Å²) in [7, 11) is 0. The van der Waals surface area contributed by atoms with E-state index < -0.39 is 23.9 Å². The first kappa shape index (κ1) is 14.2. The molecule has 0 fully saturated rings. The lowest BCUT2D eigenvalue weighted by Crippen LogP contribution is -2.33. The van der Waals surface area contributed by atoms with Crippen LogP contribution in [0.15, 0.2) is 23.1 Å². The third-order valence-corrected chi connectivity index (χ3v) is 3.42. The lowest BCUT2D eigenvalue weighted by atomic mass is 10.1. The number of halogens is 1. The van der Waals surface area contributed by atoms with E-state index in [1.807, 2.05) is 0 Å². The van der Waals surface area contributed by atoms with Crippen LogP contribution in [0, 0.1) is 5.82 Å². The van der Waals surface area contributed by atoms with Crippen molar-refractivity contribution >= 4 is 6.16 Å². The quantitative estimate of drug-likeness (QED) is 0.854. The van der Waals surface area contributed by atoms with Crippen molar-refractivity contribution in [3.05, 3.63) is 46.1 Å². The van der Waals surface area contributed by atoms with E-state index in [4.69, 9.17) is 9.84 Å². The van der Waals surface area contributed by atoms with Crippen LogP contribution in [0.1, 0.15) is 30.6 Å². The summed E-state index contributed by atoms with van der Waals surface area (Å²) in [6, 6.07) is 2.71. The normalized spacial score (nSPS) is 17.0. The largest absolute Gasteiger partial charge is 0.507 e. The number of ether oxygens (including phenoxy) is 1. The van der Waals surface area contributed by atoms with Gasteiger partial charge in [-0.25, -0.2) is 23.2 Å². The summed E-state index contributed by atoms with van der Waals surface area (Å²) < 4.78 is 20.0. The monoisotopic (exact) mass is 308 g/mol. The van der Waals surface area contributed by atoms with Gasteiger partial charge in [0, 0.05) is 12.8 Å². The molecule has 22 heavy (non-hydrogen) atoms. The Hall–Kier alpha value is -2.71. The van der Waals surface area contributed by atoms with Gasteiger partial charge >= 0.3 is 11.8 Å². The summed E-state index contributed by atoms with van der Waals surface area (Å²) in [5, 5.41) is 12.9. The van der Waals surface area contributed by atoms with Crippen LogP contribution in [0.4, 0.5) is 9.18 Å². The molecule has 0 saturated heterocycles. The zero-order chi connectivity index (χ0) is 15.7. The van der Waals surface area contributed by atoms with Gasteiger partial charge in [-0.2, -0.15) is 5.10 Å². The molecule has 3 heterocycles. The van der Waals surface area contributed by atoms with Crippen molar-refractivity contribution in [1.29, 1.82) is 0 Å². The molecule has 116 valence electrons. The average molecular weight is 308 g/mol. The Balaban J connectivity index is 1.91. The van der Waals surface area contributed by atoms with Gasteiger partial charge in [0.25, 0.3) is 0 Å². The topological polar surface area (TPSA) is 99.2 Å². The lowest BCUT2D eigenvalue weighted by molar-refractivity contribution is 0.00392. The van der Waals surface area contributed by atoms with E-state index in [1.165, 1.54) is 21.4 Å². The van der Waals surface area contributed by atoms with Gasteiger partial charge in [0.2, 0.25) is 0 Å². The number of aromatic nitrogens is 4. The number of rotatable bonds is 3. The second kappa shape index (κ2) is 5.58. The molecule has 3 rings (SSSR count). The molecule has 0 amide bonds. The summed E-state index contributed by atoms with van der Waals surface area (Å²) in [5.41, 5.74) is 0.0155. The Morgan fingerprint density at radius 1 is 1.50 bits per heavy atom. The standard InChI is InChI=1S/C13H13FN4O4/c14-8-4-5-9(15-6-8)7-17-12(19)18-10(16-17)2-1-3-11(18)22-13(20)21/h4-6,11H,1-3,7H2,(H,20,21)/t11-/m0/s1. The molecular formula is C13H13FN4O4. The first-order chi connectivity index (χ1) is 10.5. The molecule has 2 aromatic rings. The molecule has 1 aliphatic rings. The van der Waals surface area contributed by atoms with E-state index in [-0.39, 0.29) is 6.54 Å². The maximum Gasteiger partial charge on any atom is 0.507 e. The number of carbonyl (C=O) groups is 1. The molecule has 0 saturated carbocycles. The van der Waals surface area contributed by atoms with E-state index in [2.05, 4.69) is 10.1 Å². The number of aryl methyl sites for hydroxylation is 1. The van der Waals surface area contributed by atoms with Crippen LogP contribution in [0.3, 0.4) is 0 Å². The van der Waals surface area contributed by atoms with Gasteiger partial charge in [-0.1, -0.05) is 0 Å². The minimum atomic E-state index is -1.43. The Morgan fingerprint density at radius 3 is 3.00 bits per heavy atom. The number of pyridine rings is 1. The van der Waals surface area contributed by atoms with Crippen molar-refractivity contribution in [3.63, 3.8) is 0 Å². The third kappa shape index (κ3) is 2.69. The molecule has 1 aliphatic heterocycles. The van der Waals surface area contributed by atoms with E-state index in [9.17, 15) is 14.0 Å². The van der Waals surface area contributed by atoms with Crippen LogP contribution in [0.25, 0.3) is 0 Å². The molecule has 0 unspecified atom stereocenters. The van der Waals surface area contributed by atoms with Gasteiger partial charge in [0.15, 0.2) is 6.23 Å². The molecular weight excluding hydrogens is 295 g/mol. The SMILES string of the molecule is O=C(O)O[C@H]1CCCc2nn(Cc3ccc(F)cn3)c(=O)n21. The van der Waals surface area contributed by atoms with Crippen molar-refractivity contribution in [2.24, 2.45) is 0 Å². The molecule has 2 aromatic heterocycles. The Kier molecular flexibility index (Phi) is 3.61. The minimum Gasteiger partial charge on any atom is -0.450 e. The number of fused-ring (bicyclic) bond motifs is 1. The highest BCUT2D eigenvalue weighted by molar-refractivity contribution is 5.56. The van der Waals surface area contributed by atoms with Crippen LogP contribution in [-0.4, -0.2) is 30.6 Å². The highest BCUT2D eigenvalue weighted by atomic mass is 19.1. The van der Waals surface area contributed by atoms with Gasteiger partial charge in [-0.15, -0.1) is 0 Å². The Labute approximate surface area is 123 Å². The van der Waals surface area contributed by atoms with Crippen molar-refractivity contribution < 1.29 is 19.0 Å². The fourth-order valence-electron chi connectivity index (χ4n) is 2.47. The third-order valence-electron chi connectivity index (χ3n) is 3.42. The van der Waals surface area contributed by atoms with E-state index in [1.54, 1.807) is 0 Å². The van der Waals surface area contributed by atoms with E-state index in [0.717, 1.165) is 6.20 Å². The maximum atomic E-state index is 12.8. The van der Waals surface area contributed by atoms with Crippen molar-refractivity contribution in [2.45, 2.75) is 32.0 Å².